The molecule has 0 aromatic heterocycles. The summed E-state index contributed by atoms with van der Waals surface area (Å²) in [5, 5.41) is 2.95. The number of piperidine rings is 1. The first kappa shape index (κ1) is 27.5. The summed E-state index contributed by atoms with van der Waals surface area (Å²) in [7, 11) is 0. The topological polar surface area (TPSA) is 57.2 Å². The SMILES string of the molecule is CC(C)Oc1cccc(CN2CC[C@]3(C[C@@H]2C)C(=NC2CCC(F)(F)CC2)NC(=O)N3c2cccc(F)c2)c1. The van der Waals surface area contributed by atoms with Gasteiger partial charge in [-0.3, -0.25) is 20.1 Å². The van der Waals surface area contributed by atoms with Crippen LogP contribution in [-0.4, -0.2) is 53.0 Å². The van der Waals surface area contributed by atoms with E-state index in [2.05, 4.69) is 29.3 Å². The predicted molar refractivity (Wildman–Crippen MR) is 146 cm³/mol. The summed E-state index contributed by atoms with van der Waals surface area (Å²) in [6.45, 7) is 7.52. The van der Waals surface area contributed by atoms with Crippen LogP contribution in [0.15, 0.2) is 53.5 Å². The molecule has 0 unspecified atom stereocenters. The van der Waals surface area contributed by atoms with Crippen LogP contribution >= 0.6 is 0 Å². The minimum atomic E-state index is -2.65. The van der Waals surface area contributed by atoms with Gasteiger partial charge in [-0.15, -0.1) is 0 Å². The summed E-state index contributed by atoms with van der Waals surface area (Å²) < 4.78 is 47.7. The Morgan fingerprint density at radius 1 is 1.10 bits per heavy atom. The molecule has 1 aliphatic carbocycles. The van der Waals surface area contributed by atoms with E-state index in [1.807, 2.05) is 26.0 Å². The standard InChI is InChI=1S/C30H37F3N4O2/c1-20(2)39-26-9-4-6-22(16-26)19-36-15-14-29(18-21(36)3)27(34-24-10-12-30(32,33)13-11-24)35-28(38)37(29)25-8-5-7-23(31)17-25/h4-9,16-17,20-21,24H,10-15,18-19H2,1-3H3,(H,34,35,38)/t21-,29-/m0/s1. The van der Waals surface area contributed by atoms with E-state index >= 15 is 0 Å². The van der Waals surface area contributed by atoms with Gasteiger partial charge in [-0.05, 0) is 82.3 Å². The Morgan fingerprint density at radius 2 is 1.85 bits per heavy atom. The van der Waals surface area contributed by atoms with E-state index < -0.39 is 17.3 Å². The third-order valence-corrected chi connectivity index (χ3v) is 8.09. The average molecular weight is 543 g/mol. The van der Waals surface area contributed by atoms with Crippen LogP contribution in [0.4, 0.5) is 23.7 Å². The van der Waals surface area contributed by atoms with Gasteiger partial charge in [0.25, 0.3) is 0 Å². The highest BCUT2D eigenvalue weighted by Crippen LogP contribution is 2.42. The van der Waals surface area contributed by atoms with Gasteiger partial charge in [0.05, 0.1) is 12.1 Å². The third kappa shape index (κ3) is 5.93. The molecule has 3 fully saturated rings. The first-order valence-electron chi connectivity index (χ1n) is 13.9. The normalized spacial score (nSPS) is 26.9. The molecular formula is C30H37F3N4O2. The molecule has 3 aliphatic rings. The van der Waals surface area contributed by atoms with Gasteiger partial charge < -0.3 is 4.74 Å². The van der Waals surface area contributed by atoms with E-state index in [9.17, 15) is 18.0 Å². The Labute approximate surface area is 228 Å². The molecule has 1 N–H and O–H groups in total. The van der Waals surface area contributed by atoms with E-state index in [-0.39, 0.29) is 49.9 Å². The van der Waals surface area contributed by atoms with E-state index in [0.717, 1.165) is 17.9 Å². The monoisotopic (exact) mass is 542 g/mol. The molecule has 0 radical (unpaired) electrons. The number of carbonyl (C=O) groups is 1. The largest absolute Gasteiger partial charge is 0.491 e. The molecule has 9 heteroatoms. The van der Waals surface area contributed by atoms with Crippen molar-refractivity contribution in [2.45, 2.75) is 95.5 Å². The third-order valence-electron chi connectivity index (χ3n) is 8.09. The first-order chi connectivity index (χ1) is 18.5. The molecule has 210 valence electrons. The van der Waals surface area contributed by atoms with Crippen molar-refractivity contribution in [3.05, 3.63) is 59.9 Å². The summed E-state index contributed by atoms with van der Waals surface area (Å²) in [6.07, 6.45) is 1.39. The number of hydrogen-bond acceptors (Lipinski definition) is 4. The quantitative estimate of drug-likeness (QED) is 0.451. The van der Waals surface area contributed by atoms with Crippen molar-refractivity contribution in [2.75, 3.05) is 11.4 Å². The highest BCUT2D eigenvalue weighted by molar-refractivity contribution is 6.19. The second-order valence-corrected chi connectivity index (χ2v) is 11.4. The Balaban J connectivity index is 1.42. The zero-order chi connectivity index (χ0) is 27.8. The Morgan fingerprint density at radius 3 is 2.54 bits per heavy atom. The molecule has 2 saturated heterocycles. The number of benzene rings is 2. The number of amidine groups is 1. The molecule has 2 amide bonds. The fraction of sp³-hybridized carbons (Fsp3) is 0.533. The molecule has 2 aromatic carbocycles. The molecule has 6 nitrogen and oxygen atoms in total. The number of urea groups is 1. The Bertz CT molecular complexity index is 1230. The lowest BCUT2D eigenvalue weighted by Gasteiger charge is -2.47. The van der Waals surface area contributed by atoms with Crippen molar-refractivity contribution >= 4 is 17.6 Å². The average Bonchev–Trinajstić information content (AvgIpc) is 3.12. The van der Waals surface area contributed by atoms with Crippen LogP contribution in [0.2, 0.25) is 0 Å². The van der Waals surface area contributed by atoms with E-state index in [4.69, 9.17) is 9.73 Å². The van der Waals surface area contributed by atoms with Crippen LogP contribution in [0.25, 0.3) is 0 Å². The number of amides is 2. The van der Waals surface area contributed by atoms with Gasteiger partial charge in [0.2, 0.25) is 5.92 Å². The number of hydrogen-bond donors (Lipinski definition) is 1. The lowest BCUT2D eigenvalue weighted by Crippen LogP contribution is -2.59. The number of halogens is 3. The molecule has 2 heterocycles. The zero-order valence-corrected chi connectivity index (χ0v) is 22.8. The number of anilines is 1. The maximum atomic E-state index is 14.3. The van der Waals surface area contributed by atoms with E-state index in [1.165, 1.54) is 12.1 Å². The molecule has 2 aliphatic heterocycles. The number of nitrogens with zero attached hydrogens (tertiary/aromatic N) is 3. The van der Waals surface area contributed by atoms with Gasteiger partial charge in [-0.2, -0.15) is 0 Å². The van der Waals surface area contributed by atoms with Crippen LogP contribution in [0.1, 0.15) is 64.9 Å². The Hall–Kier alpha value is -3.07. The smallest absolute Gasteiger partial charge is 0.328 e. The fourth-order valence-corrected chi connectivity index (χ4v) is 6.19. The van der Waals surface area contributed by atoms with Crippen molar-refractivity contribution in [1.29, 1.82) is 0 Å². The zero-order valence-electron chi connectivity index (χ0n) is 22.8. The number of ether oxygens (including phenoxy) is 1. The summed E-state index contributed by atoms with van der Waals surface area (Å²) in [4.78, 5) is 22.3. The van der Waals surface area contributed by atoms with Crippen LogP contribution in [0.5, 0.6) is 5.75 Å². The number of rotatable bonds is 6. The first-order valence-corrected chi connectivity index (χ1v) is 13.9. The van der Waals surface area contributed by atoms with Gasteiger partial charge in [0, 0.05) is 37.7 Å². The number of nitrogens with one attached hydrogen (secondary N) is 1. The summed E-state index contributed by atoms with van der Waals surface area (Å²) in [6, 6.07) is 13.5. The second-order valence-electron chi connectivity index (χ2n) is 11.4. The minimum absolute atomic E-state index is 0.0677. The molecule has 5 rings (SSSR count). The van der Waals surface area contributed by atoms with Crippen molar-refractivity contribution in [3.63, 3.8) is 0 Å². The van der Waals surface area contributed by atoms with Crippen LogP contribution < -0.4 is 15.0 Å². The molecular weight excluding hydrogens is 505 g/mol. The maximum Gasteiger partial charge on any atom is 0.328 e. The van der Waals surface area contributed by atoms with Crippen LogP contribution in [0.3, 0.4) is 0 Å². The summed E-state index contributed by atoms with van der Waals surface area (Å²) in [5.41, 5.74) is 0.797. The lowest BCUT2D eigenvalue weighted by molar-refractivity contribution is -0.0374. The second kappa shape index (κ2) is 10.8. The maximum absolute atomic E-state index is 14.3. The summed E-state index contributed by atoms with van der Waals surface area (Å²) in [5.74, 6) is -1.73. The Kier molecular flexibility index (Phi) is 7.64. The van der Waals surface area contributed by atoms with Gasteiger partial charge in [-0.25, -0.2) is 18.0 Å². The van der Waals surface area contributed by atoms with E-state index in [1.54, 1.807) is 17.0 Å². The molecule has 1 saturated carbocycles. The van der Waals surface area contributed by atoms with Gasteiger partial charge >= 0.3 is 6.03 Å². The minimum Gasteiger partial charge on any atom is -0.491 e. The number of carbonyl (C=O) groups excluding carboxylic acids is 1. The van der Waals surface area contributed by atoms with Gasteiger partial charge in [0.15, 0.2) is 0 Å². The molecule has 0 bridgehead atoms. The number of likely N-dealkylation sites (tertiary alicyclic amines) is 1. The predicted octanol–water partition coefficient (Wildman–Crippen LogP) is 6.54. The van der Waals surface area contributed by atoms with Gasteiger partial charge in [-0.1, -0.05) is 18.2 Å². The lowest BCUT2D eigenvalue weighted by atomic mass is 9.81. The van der Waals surface area contributed by atoms with Crippen molar-refractivity contribution in [1.82, 2.24) is 10.2 Å². The van der Waals surface area contributed by atoms with E-state index in [0.29, 0.717) is 30.9 Å². The molecule has 2 atom stereocenters. The van der Waals surface area contributed by atoms with Crippen molar-refractivity contribution in [2.24, 2.45) is 4.99 Å². The molecule has 39 heavy (non-hydrogen) atoms. The fourth-order valence-electron chi connectivity index (χ4n) is 6.19. The number of aliphatic imine (C=N–C) groups is 1. The van der Waals surface area contributed by atoms with Gasteiger partial charge in [0.1, 0.15) is 22.9 Å². The highest BCUT2D eigenvalue weighted by atomic mass is 19.3. The van der Waals surface area contributed by atoms with Crippen molar-refractivity contribution in [3.8, 4) is 5.75 Å². The van der Waals surface area contributed by atoms with Crippen molar-refractivity contribution < 1.29 is 22.7 Å². The number of alkyl halides is 2. The van der Waals surface area contributed by atoms with Crippen LogP contribution in [0, 0.1) is 5.82 Å². The highest BCUT2D eigenvalue weighted by Gasteiger charge is 2.55. The molecule has 1 spiro atoms. The molecule has 2 aromatic rings. The summed E-state index contributed by atoms with van der Waals surface area (Å²) >= 11 is 0. The van der Waals surface area contributed by atoms with Crippen LogP contribution in [-0.2, 0) is 6.54 Å².